The van der Waals surface area contributed by atoms with Crippen LogP contribution in [0.15, 0.2) is 0 Å². The number of methoxy groups -OCH3 is 1. The molecule has 4 heteroatoms. The Hall–Kier alpha value is -1.06. The van der Waals surface area contributed by atoms with E-state index >= 15 is 0 Å². The van der Waals surface area contributed by atoms with E-state index in [2.05, 4.69) is 4.74 Å². The van der Waals surface area contributed by atoms with Crippen molar-refractivity contribution in [3.63, 3.8) is 0 Å². The van der Waals surface area contributed by atoms with Gasteiger partial charge in [0.1, 0.15) is 5.41 Å². The predicted molar refractivity (Wildman–Crippen MR) is 65.4 cm³/mol. The van der Waals surface area contributed by atoms with Crippen LogP contribution in [0.2, 0.25) is 0 Å². The van der Waals surface area contributed by atoms with Gasteiger partial charge in [-0.05, 0) is 32.6 Å². The fourth-order valence-corrected chi connectivity index (χ4v) is 2.48. The summed E-state index contributed by atoms with van der Waals surface area (Å²) in [4.78, 5) is 25.4. The maximum absolute atomic E-state index is 12.2. The van der Waals surface area contributed by atoms with E-state index in [1.807, 2.05) is 0 Å². The van der Waals surface area contributed by atoms with Gasteiger partial charge in [0.15, 0.2) is 0 Å². The zero-order valence-electron chi connectivity index (χ0n) is 11.3. The SMILES string of the molecule is COC(=O)C(C)(C)C(=O)N(C)CC1CCCC1. The predicted octanol–water partition coefficient (Wildman–Crippen LogP) is 1.83. The normalized spacial score (nSPS) is 16.9. The number of hydrogen-bond acceptors (Lipinski definition) is 3. The molecule has 0 spiro atoms. The van der Waals surface area contributed by atoms with Crippen LogP contribution < -0.4 is 0 Å². The monoisotopic (exact) mass is 241 g/mol. The molecule has 0 aromatic rings. The maximum Gasteiger partial charge on any atom is 0.320 e. The third kappa shape index (κ3) is 3.20. The Bertz CT molecular complexity index is 293. The van der Waals surface area contributed by atoms with Crippen molar-refractivity contribution in [3.8, 4) is 0 Å². The van der Waals surface area contributed by atoms with Gasteiger partial charge in [-0.2, -0.15) is 0 Å². The van der Waals surface area contributed by atoms with Crippen LogP contribution in [0.5, 0.6) is 0 Å². The van der Waals surface area contributed by atoms with Gasteiger partial charge in [0, 0.05) is 13.6 Å². The number of rotatable bonds is 4. The van der Waals surface area contributed by atoms with Crippen LogP contribution in [-0.2, 0) is 14.3 Å². The van der Waals surface area contributed by atoms with Crippen molar-refractivity contribution in [3.05, 3.63) is 0 Å². The highest BCUT2D eigenvalue weighted by atomic mass is 16.5. The molecule has 0 aromatic heterocycles. The van der Waals surface area contributed by atoms with Crippen LogP contribution in [0, 0.1) is 11.3 Å². The summed E-state index contributed by atoms with van der Waals surface area (Å²) >= 11 is 0. The quantitative estimate of drug-likeness (QED) is 0.557. The average Bonchev–Trinajstić information content (AvgIpc) is 2.79. The molecule has 0 bridgehead atoms. The third-order valence-corrected chi connectivity index (χ3v) is 3.58. The van der Waals surface area contributed by atoms with E-state index in [1.54, 1.807) is 25.8 Å². The molecule has 0 unspecified atom stereocenters. The summed E-state index contributed by atoms with van der Waals surface area (Å²) < 4.78 is 4.67. The third-order valence-electron chi connectivity index (χ3n) is 3.58. The second-order valence-corrected chi connectivity index (χ2v) is 5.45. The number of hydrogen-bond donors (Lipinski definition) is 0. The van der Waals surface area contributed by atoms with Gasteiger partial charge in [-0.15, -0.1) is 0 Å². The summed E-state index contributed by atoms with van der Waals surface area (Å²) in [5, 5.41) is 0. The number of carbonyl (C=O) groups excluding carboxylic acids is 2. The summed E-state index contributed by atoms with van der Waals surface area (Å²) in [6, 6.07) is 0. The van der Waals surface area contributed by atoms with Crippen LogP contribution >= 0.6 is 0 Å². The van der Waals surface area contributed by atoms with Gasteiger partial charge in [0.2, 0.25) is 5.91 Å². The maximum atomic E-state index is 12.2. The van der Waals surface area contributed by atoms with Crippen molar-refractivity contribution in [2.75, 3.05) is 20.7 Å². The summed E-state index contributed by atoms with van der Waals surface area (Å²) in [7, 11) is 3.08. The summed E-state index contributed by atoms with van der Waals surface area (Å²) in [5.74, 6) is -0.0329. The van der Waals surface area contributed by atoms with Gasteiger partial charge in [-0.1, -0.05) is 12.8 Å². The molecular formula is C13H23NO3. The van der Waals surface area contributed by atoms with Crippen molar-refractivity contribution in [2.24, 2.45) is 11.3 Å². The first-order chi connectivity index (χ1) is 7.89. The molecule has 1 fully saturated rings. The molecule has 0 heterocycles. The van der Waals surface area contributed by atoms with Crippen molar-refractivity contribution in [2.45, 2.75) is 39.5 Å². The van der Waals surface area contributed by atoms with Crippen LogP contribution in [0.3, 0.4) is 0 Å². The van der Waals surface area contributed by atoms with E-state index in [-0.39, 0.29) is 5.91 Å². The fraction of sp³-hybridized carbons (Fsp3) is 0.846. The lowest BCUT2D eigenvalue weighted by molar-refractivity contribution is -0.160. The molecule has 0 radical (unpaired) electrons. The Morgan fingerprint density at radius 1 is 1.29 bits per heavy atom. The van der Waals surface area contributed by atoms with E-state index in [0.29, 0.717) is 5.92 Å². The van der Waals surface area contributed by atoms with E-state index in [9.17, 15) is 9.59 Å². The Morgan fingerprint density at radius 3 is 2.29 bits per heavy atom. The van der Waals surface area contributed by atoms with Gasteiger partial charge in [-0.25, -0.2) is 0 Å². The molecule has 1 aliphatic carbocycles. The zero-order valence-corrected chi connectivity index (χ0v) is 11.3. The standard InChI is InChI=1S/C13H23NO3/c1-13(2,12(16)17-4)11(15)14(3)9-10-7-5-6-8-10/h10H,5-9H2,1-4H3. The average molecular weight is 241 g/mol. The Morgan fingerprint density at radius 2 is 1.82 bits per heavy atom. The molecule has 1 saturated carbocycles. The van der Waals surface area contributed by atoms with E-state index < -0.39 is 11.4 Å². The minimum atomic E-state index is -1.08. The minimum absolute atomic E-state index is 0.156. The molecule has 0 N–H and O–H groups in total. The molecule has 1 aliphatic rings. The Balaban J connectivity index is 2.58. The molecule has 0 saturated heterocycles. The second-order valence-electron chi connectivity index (χ2n) is 5.45. The van der Waals surface area contributed by atoms with E-state index in [4.69, 9.17) is 0 Å². The van der Waals surface area contributed by atoms with Gasteiger partial charge in [-0.3, -0.25) is 9.59 Å². The van der Waals surface area contributed by atoms with Crippen LogP contribution in [0.1, 0.15) is 39.5 Å². The van der Waals surface area contributed by atoms with Gasteiger partial charge < -0.3 is 9.64 Å². The number of esters is 1. The number of carbonyl (C=O) groups is 2. The molecule has 0 aromatic carbocycles. The van der Waals surface area contributed by atoms with Crippen molar-refractivity contribution < 1.29 is 14.3 Å². The van der Waals surface area contributed by atoms with Crippen LogP contribution in [0.4, 0.5) is 0 Å². The highest BCUT2D eigenvalue weighted by Crippen LogP contribution is 2.27. The molecule has 17 heavy (non-hydrogen) atoms. The largest absolute Gasteiger partial charge is 0.468 e. The molecule has 1 amide bonds. The van der Waals surface area contributed by atoms with Crippen LogP contribution in [-0.4, -0.2) is 37.5 Å². The topological polar surface area (TPSA) is 46.6 Å². The number of amides is 1. The lowest BCUT2D eigenvalue weighted by Crippen LogP contribution is -2.45. The molecule has 1 rings (SSSR count). The highest BCUT2D eigenvalue weighted by Gasteiger charge is 2.39. The first-order valence-corrected chi connectivity index (χ1v) is 6.23. The molecule has 0 atom stereocenters. The van der Waals surface area contributed by atoms with Crippen molar-refractivity contribution in [1.82, 2.24) is 4.90 Å². The lowest BCUT2D eigenvalue weighted by atomic mass is 9.91. The summed E-state index contributed by atoms with van der Waals surface area (Å²) in [5.41, 5.74) is -1.08. The van der Waals surface area contributed by atoms with Gasteiger partial charge in [0.25, 0.3) is 0 Å². The Kier molecular flexibility index (Phi) is 4.54. The van der Waals surface area contributed by atoms with E-state index in [1.165, 1.54) is 32.8 Å². The second kappa shape index (κ2) is 5.52. The summed E-state index contributed by atoms with van der Waals surface area (Å²) in [6.45, 7) is 3.98. The Labute approximate surface area is 103 Å². The minimum Gasteiger partial charge on any atom is -0.468 e. The van der Waals surface area contributed by atoms with E-state index in [0.717, 1.165) is 6.54 Å². The highest BCUT2D eigenvalue weighted by molar-refractivity contribution is 6.01. The first-order valence-electron chi connectivity index (χ1n) is 6.23. The summed E-state index contributed by atoms with van der Waals surface area (Å²) in [6.07, 6.45) is 4.90. The fourth-order valence-electron chi connectivity index (χ4n) is 2.48. The van der Waals surface area contributed by atoms with Gasteiger partial charge in [0.05, 0.1) is 7.11 Å². The molecule has 0 aliphatic heterocycles. The van der Waals surface area contributed by atoms with Crippen molar-refractivity contribution in [1.29, 1.82) is 0 Å². The zero-order chi connectivity index (χ0) is 13.1. The number of ether oxygens (including phenoxy) is 1. The molecule has 98 valence electrons. The van der Waals surface area contributed by atoms with Crippen molar-refractivity contribution >= 4 is 11.9 Å². The number of nitrogens with zero attached hydrogens (tertiary/aromatic N) is 1. The van der Waals surface area contributed by atoms with Crippen LogP contribution in [0.25, 0.3) is 0 Å². The lowest BCUT2D eigenvalue weighted by Gasteiger charge is -2.28. The van der Waals surface area contributed by atoms with Gasteiger partial charge >= 0.3 is 5.97 Å². The molecular weight excluding hydrogens is 218 g/mol. The smallest absolute Gasteiger partial charge is 0.320 e. The molecule has 4 nitrogen and oxygen atoms in total. The first kappa shape index (κ1) is 14.0.